The summed E-state index contributed by atoms with van der Waals surface area (Å²) in [4.78, 5) is 14.8. The van der Waals surface area contributed by atoms with Gasteiger partial charge in [0.15, 0.2) is 6.54 Å². The highest BCUT2D eigenvalue weighted by Crippen LogP contribution is 2.18. The zero-order valence-electron chi connectivity index (χ0n) is 15.2. The summed E-state index contributed by atoms with van der Waals surface area (Å²) in [5.74, 6) is -0.0531. The van der Waals surface area contributed by atoms with E-state index in [2.05, 4.69) is 5.32 Å². The highest BCUT2D eigenvalue weighted by atomic mass is 32.2. The summed E-state index contributed by atoms with van der Waals surface area (Å²) < 4.78 is 26.8. The number of nitrogens with one attached hydrogen (secondary N) is 2. The maximum Gasteiger partial charge on any atom is 0.279 e. The highest BCUT2D eigenvalue weighted by Gasteiger charge is 2.30. The Morgan fingerprint density at radius 2 is 1.81 bits per heavy atom. The Labute approximate surface area is 164 Å². The van der Waals surface area contributed by atoms with Crippen LogP contribution in [0.15, 0.2) is 64.4 Å². The number of hydrogen-bond donors (Lipinski definition) is 2. The molecule has 1 aliphatic heterocycles. The number of amides is 1. The molecular formula is C19H24N3O3S2+. The second-order valence-corrected chi connectivity index (χ2v) is 9.24. The zero-order chi connectivity index (χ0) is 19.3. The number of nitrogens with zero attached hydrogens (tertiary/aromatic N) is 1. The van der Waals surface area contributed by atoms with E-state index in [1.165, 1.54) is 4.31 Å². The Hall–Kier alpha value is -1.87. The molecule has 1 fully saturated rings. The van der Waals surface area contributed by atoms with Crippen molar-refractivity contribution < 1.29 is 18.1 Å². The van der Waals surface area contributed by atoms with Gasteiger partial charge in [-0.05, 0) is 36.6 Å². The lowest BCUT2D eigenvalue weighted by Gasteiger charge is -2.31. The molecule has 1 aliphatic rings. The predicted molar refractivity (Wildman–Crippen MR) is 108 cm³/mol. The second kappa shape index (κ2) is 8.88. The van der Waals surface area contributed by atoms with Crippen LogP contribution in [0.4, 0.5) is 5.69 Å². The van der Waals surface area contributed by atoms with E-state index in [1.54, 1.807) is 42.1 Å². The average Bonchev–Trinajstić information content (AvgIpc) is 2.69. The van der Waals surface area contributed by atoms with Crippen LogP contribution in [0.25, 0.3) is 0 Å². The molecule has 0 unspecified atom stereocenters. The van der Waals surface area contributed by atoms with Gasteiger partial charge in [0.2, 0.25) is 10.0 Å². The minimum Gasteiger partial charge on any atom is -0.325 e. The van der Waals surface area contributed by atoms with Crippen molar-refractivity contribution >= 4 is 33.4 Å². The molecule has 0 saturated carbocycles. The fraction of sp³-hybridized carbons (Fsp3) is 0.316. The van der Waals surface area contributed by atoms with Gasteiger partial charge in [0.1, 0.15) is 0 Å². The molecule has 0 bridgehead atoms. The maximum atomic E-state index is 12.7. The van der Waals surface area contributed by atoms with Crippen molar-refractivity contribution in [2.24, 2.45) is 0 Å². The Morgan fingerprint density at radius 3 is 2.48 bits per heavy atom. The second-order valence-electron chi connectivity index (χ2n) is 6.42. The standard InChI is InChI=1S/C19H23N3O3S2/c1-26-17-7-5-6-16(14-17)20-19(23)15-21-10-12-22(13-11-21)27(24,25)18-8-3-2-4-9-18/h2-9,14H,10-13,15H2,1H3,(H,20,23)/p+1. The maximum absolute atomic E-state index is 12.7. The molecule has 8 heteroatoms. The number of quaternary nitrogens is 1. The van der Waals surface area contributed by atoms with E-state index in [9.17, 15) is 13.2 Å². The summed E-state index contributed by atoms with van der Waals surface area (Å²) in [7, 11) is -3.45. The van der Waals surface area contributed by atoms with Gasteiger partial charge in [-0.15, -0.1) is 11.8 Å². The molecule has 6 nitrogen and oxygen atoms in total. The van der Waals surface area contributed by atoms with Gasteiger partial charge in [-0.2, -0.15) is 4.31 Å². The van der Waals surface area contributed by atoms with Gasteiger partial charge >= 0.3 is 0 Å². The van der Waals surface area contributed by atoms with E-state index >= 15 is 0 Å². The Morgan fingerprint density at radius 1 is 1.11 bits per heavy atom. The Bertz CT molecular complexity index is 880. The van der Waals surface area contributed by atoms with Crippen molar-refractivity contribution in [3.8, 4) is 0 Å². The molecule has 0 spiro atoms. The summed E-state index contributed by atoms with van der Waals surface area (Å²) in [6.07, 6.45) is 1.99. The van der Waals surface area contributed by atoms with Crippen LogP contribution in [0.3, 0.4) is 0 Å². The van der Waals surface area contributed by atoms with Crippen molar-refractivity contribution in [2.75, 3.05) is 44.3 Å². The number of hydrogen-bond acceptors (Lipinski definition) is 4. The fourth-order valence-electron chi connectivity index (χ4n) is 3.09. The molecule has 3 rings (SSSR count). The van der Waals surface area contributed by atoms with Crippen LogP contribution in [-0.4, -0.2) is 57.6 Å². The van der Waals surface area contributed by atoms with E-state index in [0.717, 1.165) is 15.5 Å². The summed E-state index contributed by atoms with van der Waals surface area (Å²) in [5.41, 5.74) is 0.788. The number of carbonyl (C=O) groups is 1. The topological polar surface area (TPSA) is 70.9 Å². The smallest absolute Gasteiger partial charge is 0.279 e. The summed E-state index contributed by atoms with van der Waals surface area (Å²) >= 11 is 1.63. The number of carbonyl (C=O) groups excluding carboxylic acids is 1. The largest absolute Gasteiger partial charge is 0.325 e. The fourth-order valence-corrected chi connectivity index (χ4v) is 5.02. The lowest BCUT2D eigenvalue weighted by atomic mass is 10.3. The molecule has 1 heterocycles. The van der Waals surface area contributed by atoms with E-state index < -0.39 is 10.0 Å². The van der Waals surface area contributed by atoms with Crippen LogP contribution in [0.5, 0.6) is 0 Å². The summed E-state index contributed by atoms with van der Waals surface area (Å²) in [6.45, 7) is 2.40. The van der Waals surface area contributed by atoms with Gasteiger partial charge in [0.05, 0.1) is 31.1 Å². The third-order valence-electron chi connectivity index (χ3n) is 4.57. The molecule has 2 aromatic rings. The van der Waals surface area contributed by atoms with Crippen LogP contribution >= 0.6 is 11.8 Å². The van der Waals surface area contributed by atoms with Crippen molar-refractivity contribution in [2.45, 2.75) is 9.79 Å². The lowest BCUT2D eigenvalue weighted by molar-refractivity contribution is -0.895. The van der Waals surface area contributed by atoms with Crippen LogP contribution in [-0.2, 0) is 14.8 Å². The monoisotopic (exact) mass is 406 g/mol. The van der Waals surface area contributed by atoms with Gasteiger partial charge in [0, 0.05) is 10.6 Å². The van der Waals surface area contributed by atoms with Gasteiger partial charge < -0.3 is 10.2 Å². The first-order valence-corrected chi connectivity index (χ1v) is 11.5. The number of benzene rings is 2. The average molecular weight is 407 g/mol. The minimum atomic E-state index is -3.45. The number of sulfonamides is 1. The van der Waals surface area contributed by atoms with Crippen LogP contribution in [0.2, 0.25) is 0 Å². The summed E-state index contributed by atoms with van der Waals surface area (Å²) in [6, 6.07) is 16.2. The molecule has 2 N–H and O–H groups in total. The van der Waals surface area contributed by atoms with Gasteiger partial charge in [-0.25, -0.2) is 8.42 Å². The normalized spacial score (nSPS) is 16.2. The number of thioether (sulfide) groups is 1. The minimum absolute atomic E-state index is 0.0531. The quantitative estimate of drug-likeness (QED) is 0.701. The van der Waals surface area contributed by atoms with E-state index in [4.69, 9.17) is 0 Å². The molecule has 0 aliphatic carbocycles. The van der Waals surface area contributed by atoms with Crippen LogP contribution < -0.4 is 10.2 Å². The third kappa shape index (κ3) is 5.10. The first kappa shape index (κ1) is 19.9. The van der Waals surface area contributed by atoms with Crippen LogP contribution in [0, 0.1) is 0 Å². The molecule has 0 atom stereocenters. The predicted octanol–water partition coefficient (Wildman–Crippen LogP) is 0.936. The third-order valence-corrected chi connectivity index (χ3v) is 7.21. The first-order chi connectivity index (χ1) is 13.0. The first-order valence-electron chi connectivity index (χ1n) is 8.82. The SMILES string of the molecule is CSc1cccc(NC(=O)C[NH+]2CCN(S(=O)(=O)c3ccccc3)CC2)c1. The molecule has 1 amide bonds. The van der Waals surface area contributed by atoms with Gasteiger partial charge in [0.25, 0.3) is 5.91 Å². The molecule has 0 radical (unpaired) electrons. The van der Waals surface area contributed by atoms with Gasteiger partial charge in [-0.1, -0.05) is 24.3 Å². The van der Waals surface area contributed by atoms with Crippen molar-refractivity contribution in [3.63, 3.8) is 0 Å². The van der Waals surface area contributed by atoms with Crippen LogP contribution in [0.1, 0.15) is 0 Å². The highest BCUT2D eigenvalue weighted by molar-refractivity contribution is 7.98. The van der Waals surface area contributed by atoms with E-state index in [0.29, 0.717) is 37.6 Å². The molecular weight excluding hydrogens is 382 g/mol. The van der Waals surface area contributed by atoms with Gasteiger partial charge in [-0.3, -0.25) is 4.79 Å². The van der Waals surface area contributed by atoms with E-state index in [1.807, 2.05) is 30.5 Å². The van der Waals surface area contributed by atoms with Crippen molar-refractivity contribution in [1.82, 2.24) is 4.31 Å². The molecule has 0 aromatic heterocycles. The molecule has 144 valence electrons. The van der Waals surface area contributed by atoms with Crippen molar-refractivity contribution in [1.29, 1.82) is 0 Å². The Balaban J connectivity index is 1.52. The number of anilines is 1. The van der Waals surface area contributed by atoms with E-state index in [-0.39, 0.29) is 5.91 Å². The number of rotatable bonds is 6. The molecule has 1 saturated heterocycles. The number of piperazine rings is 1. The zero-order valence-corrected chi connectivity index (χ0v) is 16.9. The Kier molecular flexibility index (Phi) is 6.54. The molecule has 2 aromatic carbocycles. The summed E-state index contributed by atoms with van der Waals surface area (Å²) in [5, 5.41) is 2.93. The molecule has 27 heavy (non-hydrogen) atoms. The van der Waals surface area contributed by atoms with Crippen molar-refractivity contribution in [3.05, 3.63) is 54.6 Å². The lowest BCUT2D eigenvalue weighted by Crippen LogP contribution is -3.15.